The zero-order chi connectivity index (χ0) is 25.0. The first-order chi connectivity index (χ1) is 15.2. The van der Waals surface area contributed by atoms with Crippen LogP contribution in [0.15, 0.2) is 53.4 Å². The van der Waals surface area contributed by atoms with Crippen molar-refractivity contribution in [2.24, 2.45) is 0 Å². The van der Waals surface area contributed by atoms with Gasteiger partial charge in [-0.25, -0.2) is 8.42 Å². The second-order valence-electron chi connectivity index (χ2n) is 8.78. The predicted octanol–water partition coefficient (Wildman–Crippen LogP) is 3.95. The lowest BCUT2D eigenvalue weighted by Gasteiger charge is -2.32. The first-order valence-electron chi connectivity index (χ1n) is 10.3. The summed E-state index contributed by atoms with van der Waals surface area (Å²) in [6.07, 6.45) is 0. The quantitative estimate of drug-likeness (QED) is 0.578. The molecule has 0 bridgehead atoms. The standard InChI is InChI=1S/C23H29Cl2N3O4S/c1-16(22(30)26-23(2,3)4)28(14-17-7-6-8-19(25)13-17)21(29)15-27(5)33(31,32)20-11-9-18(24)10-12-20/h6-13,16H,14-15H2,1-5H3,(H,26,30). The SMILES string of the molecule is CC(C(=O)NC(C)(C)C)N(Cc1cccc(Cl)c1)C(=O)CN(C)S(=O)(=O)c1ccc(Cl)cc1. The second-order valence-corrected chi connectivity index (χ2v) is 11.7. The summed E-state index contributed by atoms with van der Waals surface area (Å²) < 4.78 is 26.8. The first kappa shape index (κ1) is 27.1. The lowest BCUT2D eigenvalue weighted by Crippen LogP contribution is -2.54. The Balaban J connectivity index is 2.29. The van der Waals surface area contributed by atoms with Crippen LogP contribution >= 0.6 is 23.2 Å². The summed E-state index contributed by atoms with van der Waals surface area (Å²) in [4.78, 5) is 27.5. The molecule has 0 aromatic heterocycles. The number of hydrogen-bond donors (Lipinski definition) is 1. The van der Waals surface area contributed by atoms with Crippen LogP contribution in [-0.4, -0.2) is 54.6 Å². The number of carbonyl (C=O) groups excluding carboxylic acids is 2. The fraction of sp³-hybridized carbons (Fsp3) is 0.391. The molecule has 2 aromatic carbocycles. The lowest BCUT2D eigenvalue weighted by molar-refractivity contribution is -0.141. The van der Waals surface area contributed by atoms with Crippen LogP contribution in [0.2, 0.25) is 10.0 Å². The average molecular weight is 514 g/mol. The molecule has 1 atom stereocenters. The van der Waals surface area contributed by atoms with Crippen LogP contribution in [-0.2, 0) is 26.2 Å². The van der Waals surface area contributed by atoms with Crippen molar-refractivity contribution in [3.05, 3.63) is 64.1 Å². The highest BCUT2D eigenvalue weighted by atomic mass is 35.5. The maximum atomic E-state index is 13.3. The number of benzene rings is 2. The molecule has 0 radical (unpaired) electrons. The van der Waals surface area contributed by atoms with Gasteiger partial charge in [0.2, 0.25) is 21.8 Å². The highest BCUT2D eigenvalue weighted by Gasteiger charge is 2.31. The highest BCUT2D eigenvalue weighted by Crippen LogP contribution is 2.19. The molecular formula is C23H29Cl2N3O4S. The van der Waals surface area contributed by atoms with Gasteiger partial charge >= 0.3 is 0 Å². The van der Waals surface area contributed by atoms with Gasteiger partial charge in [0.05, 0.1) is 11.4 Å². The number of sulfonamides is 1. The predicted molar refractivity (Wildman–Crippen MR) is 131 cm³/mol. The molecule has 0 fully saturated rings. The van der Waals surface area contributed by atoms with Gasteiger partial charge in [-0.2, -0.15) is 4.31 Å². The van der Waals surface area contributed by atoms with Crippen molar-refractivity contribution >= 4 is 45.0 Å². The number of carbonyl (C=O) groups is 2. The van der Waals surface area contributed by atoms with E-state index < -0.39 is 34.1 Å². The van der Waals surface area contributed by atoms with Gasteiger partial charge in [-0.05, 0) is 69.7 Å². The molecule has 0 saturated heterocycles. The topological polar surface area (TPSA) is 86.8 Å². The summed E-state index contributed by atoms with van der Waals surface area (Å²) in [6.45, 7) is 6.77. The van der Waals surface area contributed by atoms with Crippen molar-refractivity contribution in [2.75, 3.05) is 13.6 Å². The monoisotopic (exact) mass is 513 g/mol. The molecule has 180 valence electrons. The molecule has 2 amide bonds. The molecule has 0 saturated carbocycles. The van der Waals surface area contributed by atoms with E-state index in [1.165, 1.54) is 36.2 Å². The zero-order valence-corrected chi connectivity index (χ0v) is 21.6. The molecule has 33 heavy (non-hydrogen) atoms. The van der Waals surface area contributed by atoms with Crippen LogP contribution in [0.3, 0.4) is 0 Å². The molecule has 0 heterocycles. The normalized spacial score (nSPS) is 13.0. The summed E-state index contributed by atoms with van der Waals surface area (Å²) in [5.41, 5.74) is 0.222. The van der Waals surface area contributed by atoms with Crippen LogP contribution in [0.25, 0.3) is 0 Å². The van der Waals surface area contributed by atoms with Gasteiger partial charge < -0.3 is 10.2 Å². The Bertz CT molecular complexity index is 1100. The Morgan fingerprint density at radius 1 is 1.03 bits per heavy atom. The van der Waals surface area contributed by atoms with Crippen LogP contribution in [0.4, 0.5) is 0 Å². The van der Waals surface area contributed by atoms with Crippen molar-refractivity contribution < 1.29 is 18.0 Å². The number of likely N-dealkylation sites (N-methyl/N-ethyl adjacent to an activating group) is 1. The third kappa shape index (κ3) is 7.71. The van der Waals surface area contributed by atoms with E-state index in [0.717, 1.165) is 9.87 Å². The van der Waals surface area contributed by atoms with E-state index in [2.05, 4.69) is 5.32 Å². The van der Waals surface area contributed by atoms with Crippen molar-refractivity contribution in [3.63, 3.8) is 0 Å². The summed E-state index contributed by atoms with van der Waals surface area (Å²) in [5, 5.41) is 3.76. The van der Waals surface area contributed by atoms with E-state index in [1.807, 2.05) is 20.8 Å². The van der Waals surface area contributed by atoms with E-state index in [1.54, 1.807) is 31.2 Å². The Labute approximate surface area is 205 Å². The minimum atomic E-state index is -3.93. The molecule has 1 unspecified atom stereocenters. The smallest absolute Gasteiger partial charge is 0.243 e. The zero-order valence-electron chi connectivity index (χ0n) is 19.3. The number of halogens is 2. The molecule has 7 nitrogen and oxygen atoms in total. The van der Waals surface area contributed by atoms with Gasteiger partial charge in [-0.15, -0.1) is 0 Å². The van der Waals surface area contributed by atoms with Crippen molar-refractivity contribution in [2.45, 2.75) is 50.7 Å². The minimum absolute atomic E-state index is 0.0158. The van der Waals surface area contributed by atoms with Crippen molar-refractivity contribution in [1.82, 2.24) is 14.5 Å². The number of amides is 2. The Morgan fingerprint density at radius 3 is 2.18 bits per heavy atom. The van der Waals surface area contributed by atoms with E-state index in [-0.39, 0.29) is 17.3 Å². The van der Waals surface area contributed by atoms with E-state index in [0.29, 0.717) is 10.0 Å². The molecule has 0 aliphatic carbocycles. The summed E-state index contributed by atoms with van der Waals surface area (Å²) in [7, 11) is -2.61. The maximum absolute atomic E-state index is 13.3. The Morgan fingerprint density at radius 2 is 1.64 bits per heavy atom. The Hall–Kier alpha value is -2.13. The van der Waals surface area contributed by atoms with Crippen LogP contribution in [0.1, 0.15) is 33.3 Å². The van der Waals surface area contributed by atoms with Gasteiger partial charge in [0.1, 0.15) is 6.04 Å². The fourth-order valence-electron chi connectivity index (χ4n) is 3.04. The van der Waals surface area contributed by atoms with Crippen molar-refractivity contribution in [3.8, 4) is 0 Å². The average Bonchev–Trinajstić information content (AvgIpc) is 2.70. The van der Waals surface area contributed by atoms with Crippen LogP contribution < -0.4 is 5.32 Å². The Kier molecular flexibility index (Phi) is 8.93. The summed E-state index contributed by atoms with van der Waals surface area (Å²) in [6, 6.07) is 11.8. The number of nitrogens with one attached hydrogen (secondary N) is 1. The van der Waals surface area contributed by atoms with Gasteiger partial charge in [0, 0.05) is 29.2 Å². The summed E-state index contributed by atoms with van der Waals surface area (Å²) >= 11 is 11.9. The van der Waals surface area contributed by atoms with E-state index >= 15 is 0 Å². The molecule has 0 spiro atoms. The third-order valence-corrected chi connectivity index (χ3v) is 7.09. The molecule has 1 N–H and O–H groups in total. The van der Waals surface area contributed by atoms with Gasteiger partial charge in [0.15, 0.2) is 0 Å². The molecule has 0 aliphatic rings. The number of hydrogen-bond acceptors (Lipinski definition) is 4. The lowest BCUT2D eigenvalue weighted by atomic mass is 10.1. The molecule has 10 heteroatoms. The van der Waals surface area contributed by atoms with Gasteiger partial charge in [-0.3, -0.25) is 9.59 Å². The van der Waals surface area contributed by atoms with Crippen LogP contribution in [0, 0.1) is 0 Å². The van der Waals surface area contributed by atoms with Gasteiger partial charge in [0.25, 0.3) is 0 Å². The highest BCUT2D eigenvalue weighted by molar-refractivity contribution is 7.89. The number of nitrogens with zero attached hydrogens (tertiary/aromatic N) is 2. The van der Waals surface area contributed by atoms with Crippen LogP contribution in [0.5, 0.6) is 0 Å². The fourth-order valence-corrected chi connectivity index (χ4v) is 4.50. The molecule has 2 rings (SSSR count). The molecule has 2 aromatic rings. The minimum Gasteiger partial charge on any atom is -0.350 e. The van der Waals surface area contributed by atoms with Crippen molar-refractivity contribution in [1.29, 1.82) is 0 Å². The maximum Gasteiger partial charge on any atom is 0.243 e. The second kappa shape index (κ2) is 10.9. The summed E-state index contributed by atoms with van der Waals surface area (Å²) in [5.74, 6) is -0.868. The first-order valence-corrected chi connectivity index (χ1v) is 12.5. The largest absolute Gasteiger partial charge is 0.350 e. The van der Waals surface area contributed by atoms with Gasteiger partial charge in [-0.1, -0.05) is 35.3 Å². The molecular weight excluding hydrogens is 485 g/mol. The van der Waals surface area contributed by atoms with E-state index in [9.17, 15) is 18.0 Å². The van der Waals surface area contributed by atoms with E-state index in [4.69, 9.17) is 23.2 Å². The third-order valence-electron chi connectivity index (χ3n) is 4.79. The molecule has 0 aliphatic heterocycles. The number of rotatable bonds is 8.